The van der Waals surface area contributed by atoms with Crippen LogP contribution in [0.15, 0.2) is 66.1 Å². The number of carbonyl (C=O) groups excluding carboxylic acids is 1. The standard InChI is InChI=1S/C19H20N2O6S/c1-3-11-27-17-6-4-5-16(12-17)21(13-19(23)24)28(25,26)18-9-7-15(8-10-18)20-14(2)22/h3-10,12H,1,11,13H2,2H3,(H,20,22)(H,23,24). The van der Waals surface area contributed by atoms with Crippen molar-refractivity contribution in [2.24, 2.45) is 0 Å². The van der Waals surface area contributed by atoms with E-state index in [1.807, 2.05) is 0 Å². The van der Waals surface area contributed by atoms with Crippen molar-refractivity contribution in [1.29, 1.82) is 0 Å². The van der Waals surface area contributed by atoms with Crippen LogP contribution in [0.2, 0.25) is 0 Å². The number of ether oxygens (including phenoxy) is 1. The van der Waals surface area contributed by atoms with Crippen LogP contribution in [0.3, 0.4) is 0 Å². The number of nitrogens with one attached hydrogen (secondary N) is 1. The van der Waals surface area contributed by atoms with Gasteiger partial charge in [0, 0.05) is 18.7 Å². The molecule has 0 aromatic heterocycles. The fourth-order valence-electron chi connectivity index (χ4n) is 2.36. The molecule has 0 bridgehead atoms. The van der Waals surface area contributed by atoms with E-state index in [9.17, 15) is 23.1 Å². The Bertz CT molecular complexity index is 970. The molecule has 1 amide bonds. The van der Waals surface area contributed by atoms with Gasteiger partial charge >= 0.3 is 5.97 Å². The molecule has 0 saturated heterocycles. The number of amides is 1. The van der Waals surface area contributed by atoms with Gasteiger partial charge in [0.15, 0.2) is 0 Å². The van der Waals surface area contributed by atoms with E-state index in [1.165, 1.54) is 49.4 Å². The summed E-state index contributed by atoms with van der Waals surface area (Å²) in [6, 6.07) is 11.6. The van der Waals surface area contributed by atoms with Crippen LogP contribution in [0.5, 0.6) is 5.75 Å². The maximum absolute atomic E-state index is 13.0. The lowest BCUT2D eigenvalue weighted by atomic mass is 10.3. The van der Waals surface area contributed by atoms with Crippen LogP contribution in [-0.2, 0) is 19.6 Å². The molecule has 2 aromatic carbocycles. The van der Waals surface area contributed by atoms with E-state index in [1.54, 1.807) is 12.1 Å². The Morgan fingerprint density at radius 3 is 2.46 bits per heavy atom. The summed E-state index contributed by atoms with van der Waals surface area (Å²) in [6.45, 7) is 4.33. The zero-order chi connectivity index (χ0) is 20.7. The molecule has 0 aliphatic carbocycles. The van der Waals surface area contributed by atoms with Crippen molar-refractivity contribution < 1.29 is 27.9 Å². The highest BCUT2D eigenvalue weighted by atomic mass is 32.2. The number of carbonyl (C=O) groups is 2. The minimum Gasteiger partial charge on any atom is -0.489 e. The maximum atomic E-state index is 13.0. The summed E-state index contributed by atoms with van der Waals surface area (Å²) in [6.07, 6.45) is 1.54. The second-order valence-electron chi connectivity index (χ2n) is 5.71. The maximum Gasteiger partial charge on any atom is 0.324 e. The number of nitrogens with zero attached hydrogens (tertiary/aromatic N) is 1. The van der Waals surface area contributed by atoms with Crippen molar-refractivity contribution in [1.82, 2.24) is 0 Å². The molecule has 0 aliphatic rings. The number of hydrogen-bond acceptors (Lipinski definition) is 5. The molecule has 8 nitrogen and oxygen atoms in total. The number of benzene rings is 2. The van der Waals surface area contributed by atoms with Gasteiger partial charge in [-0.1, -0.05) is 18.7 Å². The molecule has 28 heavy (non-hydrogen) atoms. The Hall–Kier alpha value is -3.33. The fourth-order valence-corrected chi connectivity index (χ4v) is 3.77. The SMILES string of the molecule is C=CCOc1cccc(N(CC(=O)O)S(=O)(=O)c2ccc(NC(C)=O)cc2)c1. The van der Waals surface area contributed by atoms with Crippen LogP contribution in [0.25, 0.3) is 0 Å². The summed E-state index contributed by atoms with van der Waals surface area (Å²) in [5.74, 6) is -1.22. The van der Waals surface area contributed by atoms with Gasteiger partial charge in [-0.05, 0) is 36.4 Å². The Morgan fingerprint density at radius 1 is 1.21 bits per heavy atom. The van der Waals surface area contributed by atoms with Crippen molar-refractivity contribution in [2.45, 2.75) is 11.8 Å². The minimum absolute atomic E-state index is 0.111. The number of anilines is 2. The van der Waals surface area contributed by atoms with Crippen molar-refractivity contribution in [2.75, 3.05) is 22.8 Å². The molecule has 2 aromatic rings. The van der Waals surface area contributed by atoms with Gasteiger partial charge in [-0.3, -0.25) is 13.9 Å². The normalized spacial score (nSPS) is 10.8. The van der Waals surface area contributed by atoms with Crippen molar-refractivity contribution in [3.05, 3.63) is 61.2 Å². The van der Waals surface area contributed by atoms with Crippen LogP contribution < -0.4 is 14.4 Å². The van der Waals surface area contributed by atoms with Crippen LogP contribution in [-0.4, -0.2) is 38.6 Å². The van der Waals surface area contributed by atoms with Gasteiger partial charge < -0.3 is 15.2 Å². The second kappa shape index (κ2) is 9.05. The summed E-state index contributed by atoms with van der Waals surface area (Å²) in [7, 11) is -4.17. The number of hydrogen-bond donors (Lipinski definition) is 2. The number of aliphatic carboxylic acids is 1. The predicted molar refractivity (Wildman–Crippen MR) is 105 cm³/mol. The first-order valence-corrected chi connectivity index (χ1v) is 9.64. The summed E-state index contributed by atoms with van der Waals surface area (Å²) < 4.78 is 32.3. The van der Waals surface area contributed by atoms with Gasteiger partial charge in [-0.2, -0.15) is 0 Å². The van der Waals surface area contributed by atoms with Gasteiger partial charge in [0.05, 0.1) is 10.6 Å². The molecule has 0 saturated carbocycles. The van der Waals surface area contributed by atoms with Gasteiger partial charge in [-0.25, -0.2) is 8.42 Å². The number of carboxylic acids is 1. The first-order chi connectivity index (χ1) is 13.2. The van der Waals surface area contributed by atoms with Gasteiger partial charge in [0.1, 0.15) is 18.9 Å². The number of rotatable bonds is 9. The van der Waals surface area contributed by atoms with E-state index >= 15 is 0 Å². The molecule has 0 fully saturated rings. The molecule has 2 rings (SSSR count). The second-order valence-corrected chi connectivity index (χ2v) is 7.57. The highest BCUT2D eigenvalue weighted by Gasteiger charge is 2.27. The molecule has 0 unspecified atom stereocenters. The summed E-state index contributed by atoms with van der Waals surface area (Å²) >= 11 is 0. The highest BCUT2D eigenvalue weighted by molar-refractivity contribution is 7.92. The Labute approximate surface area is 163 Å². The lowest BCUT2D eigenvalue weighted by molar-refractivity contribution is -0.135. The molecule has 0 radical (unpaired) electrons. The molecule has 148 valence electrons. The molecule has 0 atom stereocenters. The monoisotopic (exact) mass is 404 g/mol. The molecule has 0 spiro atoms. The molecule has 9 heteroatoms. The van der Waals surface area contributed by atoms with Crippen molar-refractivity contribution in [3.8, 4) is 5.75 Å². The zero-order valence-corrected chi connectivity index (χ0v) is 16.0. The third-order valence-corrected chi connectivity index (χ3v) is 5.30. The van der Waals surface area contributed by atoms with Crippen molar-refractivity contribution in [3.63, 3.8) is 0 Å². The molecule has 0 aliphatic heterocycles. The molecular formula is C19H20N2O6S. The summed E-state index contributed by atoms with van der Waals surface area (Å²) in [5.41, 5.74) is 0.575. The van der Waals surface area contributed by atoms with E-state index < -0.39 is 22.5 Å². The third kappa shape index (κ3) is 5.34. The average molecular weight is 404 g/mol. The predicted octanol–water partition coefficient (Wildman–Crippen LogP) is 2.49. The number of sulfonamides is 1. The first kappa shape index (κ1) is 21.0. The van der Waals surface area contributed by atoms with Crippen LogP contribution >= 0.6 is 0 Å². The van der Waals surface area contributed by atoms with E-state index in [0.717, 1.165) is 4.31 Å². The summed E-state index contributed by atoms with van der Waals surface area (Å²) in [5, 5.41) is 11.7. The van der Waals surface area contributed by atoms with E-state index in [4.69, 9.17) is 4.74 Å². The average Bonchev–Trinajstić information content (AvgIpc) is 2.64. The lowest BCUT2D eigenvalue weighted by Crippen LogP contribution is -2.35. The minimum atomic E-state index is -4.17. The van der Waals surface area contributed by atoms with Gasteiger partial charge in [-0.15, -0.1) is 0 Å². The number of carboxylic acid groups (broad SMARTS) is 1. The Balaban J connectivity index is 2.42. The van der Waals surface area contributed by atoms with E-state index in [-0.39, 0.29) is 23.1 Å². The Morgan fingerprint density at radius 2 is 1.89 bits per heavy atom. The van der Waals surface area contributed by atoms with Crippen LogP contribution in [0.4, 0.5) is 11.4 Å². The highest BCUT2D eigenvalue weighted by Crippen LogP contribution is 2.27. The van der Waals surface area contributed by atoms with Gasteiger partial charge in [0.2, 0.25) is 5.91 Å². The van der Waals surface area contributed by atoms with Crippen LogP contribution in [0.1, 0.15) is 6.92 Å². The van der Waals surface area contributed by atoms with Crippen molar-refractivity contribution >= 4 is 33.3 Å². The zero-order valence-electron chi connectivity index (χ0n) is 15.2. The quantitative estimate of drug-likeness (QED) is 0.621. The van der Waals surface area contributed by atoms with E-state index in [0.29, 0.717) is 11.4 Å². The Kier molecular flexibility index (Phi) is 6.78. The largest absolute Gasteiger partial charge is 0.489 e. The van der Waals surface area contributed by atoms with Gasteiger partial charge in [0.25, 0.3) is 10.0 Å². The topological polar surface area (TPSA) is 113 Å². The van der Waals surface area contributed by atoms with Crippen LogP contribution in [0, 0.1) is 0 Å². The lowest BCUT2D eigenvalue weighted by Gasteiger charge is -2.23. The summed E-state index contributed by atoms with van der Waals surface area (Å²) in [4.78, 5) is 22.3. The molecule has 0 heterocycles. The molecule has 2 N–H and O–H groups in total. The first-order valence-electron chi connectivity index (χ1n) is 8.20. The smallest absolute Gasteiger partial charge is 0.324 e. The fraction of sp³-hybridized carbons (Fsp3) is 0.158. The third-order valence-electron chi connectivity index (χ3n) is 3.52. The molecular weight excluding hydrogens is 384 g/mol. The van der Waals surface area contributed by atoms with E-state index in [2.05, 4.69) is 11.9 Å².